The summed E-state index contributed by atoms with van der Waals surface area (Å²) in [5.74, 6) is 6.42. The molecular weight excluding hydrogens is 244 g/mol. The van der Waals surface area contributed by atoms with Gasteiger partial charge in [-0.05, 0) is 13.8 Å². The lowest BCUT2D eigenvalue weighted by Gasteiger charge is -2.19. The first kappa shape index (κ1) is 13.6. The maximum absolute atomic E-state index is 5.71. The third-order valence-electron chi connectivity index (χ3n) is 3.01. The summed E-state index contributed by atoms with van der Waals surface area (Å²) in [7, 11) is 3.50. The van der Waals surface area contributed by atoms with Crippen LogP contribution in [-0.4, -0.2) is 26.7 Å². The van der Waals surface area contributed by atoms with Gasteiger partial charge in [0.1, 0.15) is 5.69 Å². The van der Waals surface area contributed by atoms with Crippen LogP contribution in [0.4, 0.5) is 0 Å². The number of rotatable bonds is 5. The number of hydrazine groups is 1. The van der Waals surface area contributed by atoms with Gasteiger partial charge in [0.15, 0.2) is 5.75 Å². The Morgan fingerprint density at radius 1 is 1.32 bits per heavy atom. The number of nitrogens with zero attached hydrogens (tertiary/aromatic N) is 4. The lowest BCUT2D eigenvalue weighted by Crippen LogP contribution is -2.31. The Hall–Kier alpha value is -1.86. The fourth-order valence-electron chi connectivity index (χ4n) is 2.12. The van der Waals surface area contributed by atoms with Crippen molar-refractivity contribution < 1.29 is 4.74 Å². The molecule has 0 aromatic carbocycles. The normalized spacial score (nSPS) is 12.9. The number of aryl methyl sites for hydroxylation is 1. The maximum atomic E-state index is 5.71. The van der Waals surface area contributed by atoms with E-state index in [0.29, 0.717) is 5.75 Å². The highest BCUT2D eigenvalue weighted by Gasteiger charge is 2.24. The second kappa shape index (κ2) is 5.41. The maximum Gasteiger partial charge on any atom is 0.161 e. The second-order valence-electron chi connectivity index (χ2n) is 4.68. The molecule has 0 saturated heterocycles. The second-order valence-corrected chi connectivity index (χ2v) is 4.68. The van der Waals surface area contributed by atoms with E-state index in [1.54, 1.807) is 24.2 Å². The summed E-state index contributed by atoms with van der Waals surface area (Å²) in [6.45, 7) is 4.12. The SMILES string of the molecule is COc1cnn(C(C)C)c1C(NN)c1cnn(C)c1. The number of hydrogen-bond donors (Lipinski definition) is 2. The van der Waals surface area contributed by atoms with E-state index in [-0.39, 0.29) is 12.1 Å². The summed E-state index contributed by atoms with van der Waals surface area (Å²) in [5, 5.41) is 8.53. The molecule has 2 rings (SSSR count). The Labute approximate surface area is 112 Å². The van der Waals surface area contributed by atoms with E-state index in [1.807, 2.05) is 17.9 Å². The van der Waals surface area contributed by atoms with Crippen LogP contribution < -0.4 is 16.0 Å². The van der Waals surface area contributed by atoms with Crippen LogP contribution >= 0.6 is 0 Å². The third-order valence-corrected chi connectivity index (χ3v) is 3.01. The van der Waals surface area contributed by atoms with Crippen molar-refractivity contribution in [1.29, 1.82) is 0 Å². The summed E-state index contributed by atoms with van der Waals surface area (Å²) in [4.78, 5) is 0. The van der Waals surface area contributed by atoms with Gasteiger partial charge >= 0.3 is 0 Å². The molecule has 0 spiro atoms. The van der Waals surface area contributed by atoms with Gasteiger partial charge in [0.05, 0.1) is 25.5 Å². The average molecular weight is 264 g/mol. The molecular formula is C12H20N6O. The quantitative estimate of drug-likeness (QED) is 0.615. The number of hydrogen-bond acceptors (Lipinski definition) is 5. The van der Waals surface area contributed by atoms with E-state index in [2.05, 4.69) is 29.5 Å². The number of methoxy groups -OCH3 is 1. The number of aromatic nitrogens is 4. The average Bonchev–Trinajstić information content (AvgIpc) is 2.97. The standard InChI is InChI=1S/C12H20N6O/c1-8(2)18-12(10(19-4)6-15-18)11(16-13)9-5-14-17(3)7-9/h5-8,11,16H,13H2,1-4H3. The molecule has 0 bridgehead atoms. The van der Waals surface area contributed by atoms with E-state index in [4.69, 9.17) is 10.6 Å². The largest absolute Gasteiger partial charge is 0.493 e. The molecule has 2 aromatic heterocycles. The lowest BCUT2D eigenvalue weighted by molar-refractivity contribution is 0.394. The van der Waals surface area contributed by atoms with Crippen molar-refractivity contribution in [1.82, 2.24) is 25.0 Å². The van der Waals surface area contributed by atoms with E-state index in [1.165, 1.54) is 0 Å². The first-order chi connectivity index (χ1) is 9.08. The molecule has 3 N–H and O–H groups in total. The Morgan fingerprint density at radius 3 is 2.53 bits per heavy atom. The molecule has 0 fully saturated rings. The van der Waals surface area contributed by atoms with E-state index in [0.717, 1.165) is 11.3 Å². The third kappa shape index (κ3) is 2.47. The molecule has 0 saturated carbocycles. The minimum Gasteiger partial charge on any atom is -0.493 e. The van der Waals surface area contributed by atoms with Crippen LogP contribution in [0.15, 0.2) is 18.6 Å². The van der Waals surface area contributed by atoms with Gasteiger partial charge in [-0.2, -0.15) is 10.2 Å². The van der Waals surface area contributed by atoms with Gasteiger partial charge < -0.3 is 4.74 Å². The van der Waals surface area contributed by atoms with Crippen LogP contribution in [0, 0.1) is 0 Å². The van der Waals surface area contributed by atoms with Crippen LogP contribution in [0.3, 0.4) is 0 Å². The molecule has 7 heteroatoms. The Morgan fingerprint density at radius 2 is 2.05 bits per heavy atom. The van der Waals surface area contributed by atoms with E-state index >= 15 is 0 Å². The highest BCUT2D eigenvalue weighted by atomic mass is 16.5. The van der Waals surface area contributed by atoms with Crippen molar-refractivity contribution in [3.63, 3.8) is 0 Å². The van der Waals surface area contributed by atoms with Crippen molar-refractivity contribution >= 4 is 0 Å². The first-order valence-corrected chi connectivity index (χ1v) is 6.14. The molecule has 2 aromatic rings. The van der Waals surface area contributed by atoms with E-state index in [9.17, 15) is 0 Å². The zero-order chi connectivity index (χ0) is 14.0. The highest BCUT2D eigenvalue weighted by molar-refractivity contribution is 5.35. The number of ether oxygens (including phenoxy) is 1. The predicted octanol–water partition coefficient (Wildman–Crippen LogP) is 0.759. The molecule has 0 aliphatic heterocycles. The topological polar surface area (TPSA) is 82.9 Å². The molecule has 2 heterocycles. The van der Waals surface area contributed by atoms with Gasteiger partial charge in [-0.1, -0.05) is 0 Å². The van der Waals surface area contributed by atoms with Gasteiger partial charge in [-0.3, -0.25) is 15.2 Å². The molecule has 104 valence electrons. The van der Waals surface area contributed by atoms with Crippen LogP contribution in [-0.2, 0) is 7.05 Å². The van der Waals surface area contributed by atoms with Crippen molar-refractivity contribution in [3.05, 3.63) is 29.8 Å². The minimum absolute atomic E-state index is 0.214. The number of nitrogens with one attached hydrogen (secondary N) is 1. The van der Waals surface area contributed by atoms with Crippen molar-refractivity contribution in [3.8, 4) is 5.75 Å². The van der Waals surface area contributed by atoms with Crippen molar-refractivity contribution in [2.75, 3.05) is 7.11 Å². The summed E-state index contributed by atoms with van der Waals surface area (Å²) >= 11 is 0. The Balaban J connectivity index is 2.50. The Bertz CT molecular complexity index is 544. The van der Waals surface area contributed by atoms with Gasteiger partial charge in [-0.15, -0.1) is 0 Å². The van der Waals surface area contributed by atoms with Gasteiger partial charge in [0.25, 0.3) is 0 Å². The molecule has 0 aliphatic carbocycles. The summed E-state index contributed by atoms with van der Waals surface area (Å²) in [5.41, 5.74) is 4.67. The zero-order valence-electron chi connectivity index (χ0n) is 11.7. The monoisotopic (exact) mass is 264 g/mol. The van der Waals surface area contributed by atoms with Gasteiger partial charge in [0.2, 0.25) is 0 Å². The van der Waals surface area contributed by atoms with Gasteiger partial charge in [-0.25, -0.2) is 5.43 Å². The summed E-state index contributed by atoms with van der Waals surface area (Å²) < 4.78 is 9.02. The minimum atomic E-state index is -0.214. The molecule has 0 amide bonds. The molecule has 7 nitrogen and oxygen atoms in total. The molecule has 0 aliphatic rings. The zero-order valence-corrected chi connectivity index (χ0v) is 11.7. The van der Waals surface area contributed by atoms with Crippen LogP contribution in [0.5, 0.6) is 5.75 Å². The Kier molecular flexibility index (Phi) is 3.87. The van der Waals surface area contributed by atoms with Gasteiger partial charge in [0, 0.05) is 24.8 Å². The fourth-order valence-corrected chi connectivity index (χ4v) is 2.12. The van der Waals surface area contributed by atoms with Crippen molar-refractivity contribution in [2.45, 2.75) is 25.9 Å². The summed E-state index contributed by atoms with van der Waals surface area (Å²) in [6, 6.07) is -0.0000265. The first-order valence-electron chi connectivity index (χ1n) is 6.14. The molecule has 19 heavy (non-hydrogen) atoms. The van der Waals surface area contributed by atoms with Crippen LogP contribution in [0.2, 0.25) is 0 Å². The number of nitrogens with two attached hydrogens (primary N) is 1. The predicted molar refractivity (Wildman–Crippen MR) is 71.5 cm³/mol. The van der Waals surface area contributed by atoms with Crippen LogP contribution in [0.1, 0.15) is 37.2 Å². The molecule has 0 radical (unpaired) electrons. The highest BCUT2D eigenvalue weighted by Crippen LogP contribution is 2.31. The molecule has 1 unspecified atom stereocenters. The van der Waals surface area contributed by atoms with E-state index < -0.39 is 0 Å². The summed E-state index contributed by atoms with van der Waals surface area (Å²) in [6.07, 6.45) is 5.40. The fraction of sp³-hybridized carbons (Fsp3) is 0.500. The lowest BCUT2D eigenvalue weighted by atomic mass is 10.1. The molecule has 1 atom stereocenters. The smallest absolute Gasteiger partial charge is 0.161 e. The van der Waals surface area contributed by atoms with Crippen LogP contribution in [0.25, 0.3) is 0 Å². The van der Waals surface area contributed by atoms with Crippen molar-refractivity contribution in [2.24, 2.45) is 12.9 Å².